The smallest absolute Gasteiger partial charge is 0.265 e. The zero-order valence-corrected chi connectivity index (χ0v) is 12.9. The highest BCUT2D eigenvalue weighted by atomic mass is 32.2. The summed E-state index contributed by atoms with van der Waals surface area (Å²) in [6, 6.07) is 7.44. The van der Waals surface area contributed by atoms with Crippen LogP contribution in [-0.4, -0.2) is 19.3 Å². The summed E-state index contributed by atoms with van der Waals surface area (Å²) >= 11 is 0. The maximum atomic E-state index is 13.0. The number of hydrogen-bond acceptors (Lipinski definition) is 4. The van der Waals surface area contributed by atoms with E-state index < -0.39 is 26.5 Å². The molecule has 0 saturated carbocycles. The second-order valence-corrected chi connectivity index (χ2v) is 7.02. The van der Waals surface area contributed by atoms with Gasteiger partial charge in [0.1, 0.15) is 16.5 Å². The first-order valence-electron chi connectivity index (χ1n) is 7.04. The van der Waals surface area contributed by atoms with Gasteiger partial charge in [-0.2, -0.15) is 0 Å². The van der Waals surface area contributed by atoms with Crippen molar-refractivity contribution in [3.63, 3.8) is 0 Å². The van der Waals surface area contributed by atoms with E-state index in [9.17, 15) is 22.7 Å². The molecule has 0 aromatic heterocycles. The molecule has 1 aliphatic carbocycles. The number of sulfonamides is 1. The molecule has 0 saturated heterocycles. The molecule has 0 atom stereocenters. The first-order valence-corrected chi connectivity index (χ1v) is 8.52. The number of ketones is 1. The number of nitrogens with one attached hydrogen (secondary N) is 1. The minimum Gasteiger partial charge on any atom is -0.506 e. The number of carbonyl (C=O) groups excluding carboxylic acids is 1. The topological polar surface area (TPSA) is 83.5 Å². The highest BCUT2D eigenvalue weighted by Gasteiger charge is 2.22. The number of Topliss-reactive ketones (excluding diaryl/α,β-unsaturated/α-hetero) is 1. The largest absolute Gasteiger partial charge is 0.506 e. The van der Waals surface area contributed by atoms with Gasteiger partial charge in [0.15, 0.2) is 5.78 Å². The van der Waals surface area contributed by atoms with Crippen LogP contribution in [0, 0.1) is 5.82 Å². The molecule has 0 heterocycles. The molecule has 2 aromatic carbocycles. The summed E-state index contributed by atoms with van der Waals surface area (Å²) in [6.45, 7) is 0. The molecule has 2 aromatic rings. The standard InChI is InChI=1S/C16H14FNO4S/c17-11-5-7-16(15(20)8-11)23(21,22)18-12-6-4-10-2-1-3-14(19)13(10)9-12/h4-9,18,20H,1-3H2. The van der Waals surface area contributed by atoms with Gasteiger partial charge >= 0.3 is 0 Å². The average molecular weight is 335 g/mol. The number of aryl methyl sites for hydroxylation is 1. The fourth-order valence-electron chi connectivity index (χ4n) is 2.62. The molecule has 0 radical (unpaired) electrons. The van der Waals surface area contributed by atoms with Gasteiger partial charge in [0.05, 0.1) is 0 Å². The van der Waals surface area contributed by atoms with Crippen molar-refractivity contribution in [3.05, 3.63) is 53.3 Å². The summed E-state index contributed by atoms with van der Waals surface area (Å²) in [7, 11) is -4.08. The second kappa shape index (κ2) is 5.66. The van der Waals surface area contributed by atoms with Crippen molar-refractivity contribution in [1.82, 2.24) is 0 Å². The number of halogens is 1. The minimum atomic E-state index is -4.08. The lowest BCUT2D eigenvalue weighted by atomic mass is 9.90. The Hall–Kier alpha value is -2.41. The molecule has 23 heavy (non-hydrogen) atoms. The fraction of sp³-hybridized carbons (Fsp3) is 0.188. The number of benzene rings is 2. The second-order valence-electron chi connectivity index (χ2n) is 5.37. The van der Waals surface area contributed by atoms with Crippen LogP contribution in [-0.2, 0) is 16.4 Å². The maximum Gasteiger partial charge on any atom is 0.265 e. The lowest BCUT2D eigenvalue weighted by Gasteiger charge is -2.16. The van der Waals surface area contributed by atoms with Crippen molar-refractivity contribution in [2.75, 3.05) is 4.72 Å². The third kappa shape index (κ3) is 3.05. The normalized spacial score (nSPS) is 14.4. The van der Waals surface area contributed by atoms with Crippen molar-refractivity contribution in [3.8, 4) is 5.75 Å². The Morgan fingerprint density at radius 3 is 2.61 bits per heavy atom. The maximum absolute atomic E-state index is 13.0. The molecule has 5 nitrogen and oxygen atoms in total. The Bertz CT molecular complexity index is 893. The van der Waals surface area contributed by atoms with Crippen LogP contribution in [0.5, 0.6) is 5.75 Å². The molecule has 0 aliphatic heterocycles. The van der Waals surface area contributed by atoms with E-state index in [1.807, 2.05) is 0 Å². The number of hydrogen-bond donors (Lipinski definition) is 2. The summed E-state index contributed by atoms with van der Waals surface area (Å²) in [5.74, 6) is -1.43. The van der Waals surface area contributed by atoms with Crippen molar-refractivity contribution in [2.45, 2.75) is 24.2 Å². The van der Waals surface area contributed by atoms with Crippen LogP contribution in [0.4, 0.5) is 10.1 Å². The van der Waals surface area contributed by atoms with Gasteiger partial charge in [0.2, 0.25) is 0 Å². The van der Waals surface area contributed by atoms with Gasteiger partial charge in [-0.1, -0.05) is 6.07 Å². The number of phenolic OH excluding ortho intramolecular Hbond substituents is 1. The van der Waals surface area contributed by atoms with Crippen molar-refractivity contribution in [1.29, 1.82) is 0 Å². The van der Waals surface area contributed by atoms with Crippen LogP contribution >= 0.6 is 0 Å². The van der Waals surface area contributed by atoms with Gasteiger partial charge in [-0.05, 0) is 42.7 Å². The summed E-state index contributed by atoms with van der Waals surface area (Å²) in [4.78, 5) is 11.5. The number of phenols is 1. The number of fused-ring (bicyclic) bond motifs is 1. The van der Waals surface area contributed by atoms with Crippen molar-refractivity contribution in [2.24, 2.45) is 0 Å². The number of anilines is 1. The first kappa shape index (κ1) is 15.5. The molecular formula is C16H14FNO4S. The molecule has 1 aliphatic rings. The Morgan fingerprint density at radius 1 is 1.09 bits per heavy atom. The molecule has 7 heteroatoms. The Morgan fingerprint density at radius 2 is 1.87 bits per heavy atom. The van der Waals surface area contributed by atoms with Gasteiger partial charge in [-0.15, -0.1) is 0 Å². The minimum absolute atomic E-state index is 0.0167. The van der Waals surface area contributed by atoms with Crippen LogP contribution in [0.2, 0.25) is 0 Å². The summed E-state index contributed by atoms with van der Waals surface area (Å²) in [5, 5.41) is 9.63. The van der Waals surface area contributed by atoms with Crippen LogP contribution in [0.25, 0.3) is 0 Å². The van der Waals surface area contributed by atoms with E-state index in [1.165, 1.54) is 6.07 Å². The van der Waals surface area contributed by atoms with Gasteiger partial charge in [-0.3, -0.25) is 9.52 Å². The lowest BCUT2D eigenvalue weighted by molar-refractivity contribution is 0.0972. The Labute approximate surface area is 132 Å². The van der Waals surface area contributed by atoms with Crippen LogP contribution in [0.15, 0.2) is 41.3 Å². The molecule has 3 rings (SSSR count). The van der Waals surface area contributed by atoms with E-state index in [2.05, 4.69) is 4.72 Å². The van der Waals surface area contributed by atoms with Crippen molar-refractivity contribution < 1.29 is 22.7 Å². The van der Waals surface area contributed by atoms with Gasteiger partial charge < -0.3 is 5.11 Å². The zero-order valence-electron chi connectivity index (χ0n) is 12.0. The number of aromatic hydroxyl groups is 1. The summed E-state index contributed by atoms with van der Waals surface area (Å²) in [6.07, 6.45) is 2.02. The molecule has 0 amide bonds. The SMILES string of the molecule is O=C1CCCc2ccc(NS(=O)(=O)c3ccc(F)cc3O)cc21. The predicted molar refractivity (Wildman–Crippen MR) is 82.6 cm³/mol. The van der Waals surface area contributed by atoms with E-state index in [1.54, 1.807) is 12.1 Å². The third-order valence-corrected chi connectivity index (χ3v) is 5.15. The van der Waals surface area contributed by atoms with Crippen LogP contribution < -0.4 is 4.72 Å². The monoisotopic (exact) mass is 335 g/mol. The Balaban J connectivity index is 1.95. The first-order chi connectivity index (χ1) is 10.9. The van der Waals surface area contributed by atoms with E-state index in [0.717, 1.165) is 36.6 Å². The molecule has 0 bridgehead atoms. The van der Waals surface area contributed by atoms with Crippen molar-refractivity contribution >= 4 is 21.5 Å². The molecule has 0 unspecified atom stereocenters. The van der Waals surface area contributed by atoms with Crippen LogP contribution in [0.3, 0.4) is 0 Å². The van der Waals surface area contributed by atoms with E-state index in [4.69, 9.17) is 0 Å². The highest BCUT2D eigenvalue weighted by molar-refractivity contribution is 7.92. The van der Waals surface area contributed by atoms with E-state index in [0.29, 0.717) is 12.0 Å². The van der Waals surface area contributed by atoms with Gasteiger partial charge in [-0.25, -0.2) is 12.8 Å². The number of rotatable bonds is 3. The number of carbonyl (C=O) groups is 1. The van der Waals surface area contributed by atoms with Gasteiger partial charge in [0.25, 0.3) is 10.0 Å². The summed E-state index contributed by atoms with van der Waals surface area (Å²) in [5.41, 5.74) is 1.64. The lowest BCUT2D eigenvalue weighted by Crippen LogP contribution is -2.15. The zero-order chi connectivity index (χ0) is 16.6. The molecular weight excluding hydrogens is 321 g/mol. The van der Waals surface area contributed by atoms with E-state index >= 15 is 0 Å². The third-order valence-electron chi connectivity index (χ3n) is 3.72. The summed E-state index contributed by atoms with van der Waals surface area (Å²) < 4.78 is 39.9. The predicted octanol–water partition coefficient (Wildman–Crippen LogP) is 2.85. The Kier molecular flexibility index (Phi) is 3.81. The molecule has 0 spiro atoms. The van der Waals surface area contributed by atoms with E-state index in [-0.39, 0.29) is 11.5 Å². The average Bonchev–Trinajstić information content (AvgIpc) is 2.47. The van der Waals surface area contributed by atoms with Crippen LogP contribution in [0.1, 0.15) is 28.8 Å². The quantitative estimate of drug-likeness (QED) is 0.903. The molecule has 120 valence electrons. The molecule has 0 fully saturated rings. The highest BCUT2D eigenvalue weighted by Crippen LogP contribution is 2.28. The fourth-order valence-corrected chi connectivity index (χ4v) is 3.75. The molecule has 2 N–H and O–H groups in total. The van der Waals surface area contributed by atoms with Gasteiger partial charge in [0, 0.05) is 23.7 Å².